The Morgan fingerprint density at radius 3 is 1.82 bits per heavy atom. The van der Waals surface area contributed by atoms with Crippen LogP contribution in [0.5, 0.6) is 0 Å². The summed E-state index contributed by atoms with van der Waals surface area (Å²) in [6.07, 6.45) is 1.44. The van der Waals surface area contributed by atoms with Crippen molar-refractivity contribution in [2.45, 2.75) is 48.0 Å². The smallest absolute Gasteiger partial charge is 0.0266 e. The van der Waals surface area contributed by atoms with Gasteiger partial charge in [-0.15, -0.1) is 0 Å². The van der Waals surface area contributed by atoms with E-state index in [1.807, 2.05) is 0 Å². The third kappa shape index (κ3) is 1.45. The van der Waals surface area contributed by atoms with Gasteiger partial charge >= 0.3 is 0 Å². The number of hydrogen-bond acceptors (Lipinski definition) is 0. The highest BCUT2D eigenvalue weighted by atomic mass is 14.6. The van der Waals surface area contributed by atoms with E-state index in [1.54, 1.807) is 0 Å². The molecular formula is C11H22. The molecule has 0 radical (unpaired) electrons. The van der Waals surface area contributed by atoms with Crippen LogP contribution in [-0.2, 0) is 0 Å². The van der Waals surface area contributed by atoms with Gasteiger partial charge in [-0.2, -0.15) is 0 Å². The molecule has 66 valence electrons. The van der Waals surface area contributed by atoms with Crippen molar-refractivity contribution in [2.75, 3.05) is 0 Å². The van der Waals surface area contributed by atoms with Crippen molar-refractivity contribution < 1.29 is 0 Å². The largest absolute Gasteiger partial charge is 0.0622 e. The predicted octanol–water partition coefficient (Wildman–Crippen LogP) is 3.71. The van der Waals surface area contributed by atoms with E-state index in [0.717, 1.165) is 11.8 Å². The molecule has 1 rings (SSSR count). The maximum absolute atomic E-state index is 2.44. The summed E-state index contributed by atoms with van der Waals surface area (Å²) in [6.45, 7) is 14.2. The van der Waals surface area contributed by atoms with E-state index in [9.17, 15) is 0 Å². The molecule has 2 atom stereocenters. The van der Waals surface area contributed by atoms with Gasteiger partial charge in [0.15, 0.2) is 0 Å². The first kappa shape index (κ1) is 9.09. The predicted molar refractivity (Wildman–Crippen MR) is 50.5 cm³/mol. The minimum atomic E-state index is 0.527. The fraction of sp³-hybridized carbons (Fsp3) is 1.00. The summed E-state index contributed by atoms with van der Waals surface area (Å²) in [5.74, 6) is 1.81. The Labute approximate surface area is 71.4 Å². The van der Waals surface area contributed by atoms with E-state index in [4.69, 9.17) is 0 Å². The maximum Gasteiger partial charge on any atom is -0.0266 e. The standard InChI is InChI=1S/C11H22/c1-8(2)11(6)7-9(11)10(3,4)5/h8-9H,7H2,1-6H3. The highest BCUT2D eigenvalue weighted by molar-refractivity contribution is 5.05. The normalized spacial score (nSPS) is 37.9. The lowest BCUT2D eigenvalue weighted by Crippen LogP contribution is -2.17. The molecule has 0 heteroatoms. The average molecular weight is 154 g/mol. The molecular weight excluding hydrogens is 132 g/mol. The highest BCUT2D eigenvalue weighted by Crippen LogP contribution is 2.64. The van der Waals surface area contributed by atoms with E-state index in [2.05, 4.69) is 41.5 Å². The molecule has 1 saturated carbocycles. The summed E-state index contributed by atoms with van der Waals surface area (Å²) in [4.78, 5) is 0. The minimum absolute atomic E-state index is 0.527. The molecule has 0 saturated heterocycles. The van der Waals surface area contributed by atoms with Crippen LogP contribution >= 0.6 is 0 Å². The van der Waals surface area contributed by atoms with Crippen molar-refractivity contribution in [3.8, 4) is 0 Å². The molecule has 1 aliphatic carbocycles. The van der Waals surface area contributed by atoms with Gasteiger partial charge in [-0.1, -0.05) is 41.5 Å². The molecule has 0 aromatic rings. The zero-order valence-corrected chi connectivity index (χ0v) is 8.86. The molecule has 1 aliphatic rings. The monoisotopic (exact) mass is 154 g/mol. The van der Waals surface area contributed by atoms with Crippen LogP contribution in [0.3, 0.4) is 0 Å². The zero-order chi connectivity index (χ0) is 8.86. The van der Waals surface area contributed by atoms with Crippen LogP contribution in [0, 0.1) is 22.7 Å². The molecule has 11 heavy (non-hydrogen) atoms. The van der Waals surface area contributed by atoms with Crippen LogP contribution in [0.2, 0.25) is 0 Å². The van der Waals surface area contributed by atoms with E-state index in [0.29, 0.717) is 10.8 Å². The lowest BCUT2D eigenvalue weighted by molar-refractivity contribution is 0.246. The SMILES string of the molecule is CC(C)C1(C)CC1C(C)(C)C. The van der Waals surface area contributed by atoms with Crippen molar-refractivity contribution in [2.24, 2.45) is 22.7 Å². The molecule has 0 aromatic heterocycles. The molecule has 0 amide bonds. The summed E-state index contributed by atoms with van der Waals surface area (Å²) in [7, 11) is 0. The minimum Gasteiger partial charge on any atom is -0.0622 e. The second-order valence-electron chi connectivity index (χ2n) is 5.78. The van der Waals surface area contributed by atoms with E-state index in [1.165, 1.54) is 6.42 Å². The van der Waals surface area contributed by atoms with Crippen molar-refractivity contribution in [1.82, 2.24) is 0 Å². The molecule has 0 bridgehead atoms. The summed E-state index contributed by atoms with van der Waals surface area (Å²) in [6, 6.07) is 0. The zero-order valence-electron chi connectivity index (χ0n) is 8.86. The summed E-state index contributed by atoms with van der Waals surface area (Å²) in [5, 5.41) is 0. The molecule has 0 aliphatic heterocycles. The van der Waals surface area contributed by atoms with Crippen LogP contribution in [0.4, 0.5) is 0 Å². The quantitative estimate of drug-likeness (QED) is 0.540. The lowest BCUT2D eigenvalue weighted by atomic mass is 9.81. The van der Waals surface area contributed by atoms with Crippen molar-refractivity contribution in [3.63, 3.8) is 0 Å². The highest BCUT2D eigenvalue weighted by Gasteiger charge is 2.56. The number of hydrogen-bond donors (Lipinski definition) is 0. The van der Waals surface area contributed by atoms with Gasteiger partial charge < -0.3 is 0 Å². The molecule has 0 nitrogen and oxygen atoms in total. The average Bonchev–Trinajstić information content (AvgIpc) is 2.41. The molecule has 0 spiro atoms. The molecule has 0 aromatic carbocycles. The Morgan fingerprint density at radius 1 is 1.27 bits per heavy atom. The first-order valence-electron chi connectivity index (χ1n) is 4.78. The van der Waals surface area contributed by atoms with Crippen molar-refractivity contribution in [1.29, 1.82) is 0 Å². The van der Waals surface area contributed by atoms with Gasteiger partial charge in [-0.05, 0) is 29.1 Å². The Hall–Kier alpha value is 0. The Bertz CT molecular complexity index is 150. The fourth-order valence-corrected chi connectivity index (χ4v) is 2.31. The maximum atomic E-state index is 2.44. The van der Waals surface area contributed by atoms with E-state index < -0.39 is 0 Å². The van der Waals surface area contributed by atoms with E-state index >= 15 is 0 Å². The molecule has 1 fully saturated rings. The Kier molecular flexibility index (Phi) is 1.85. The van der Waals surface area contributed by atoms with Crippen LogP contribution in [-0.4, -0.2) is 0 Å². The number of rotatable bonds is 1. The first-order chi connectivity index (χ1) is 4.78. The van der Waals surface area contributed by atoms with Crippen molar-refractivity contribution >= 4 is 0 Å². The van der Waals surface area contributed by atoms with Crippen molar-refractivity contribution in [3.05, 3.63) is 0 Å². The van der Waals surface area contributed by atoms with Gasteiger partial charge in [0.2, 0.25) is 0 Å². The van der Waals surface area contributed by atoms with Gasteiger partial charge in [0.05, 0.1) is 0 Å². The first-order valence-corrected chi connectivity index (χ1v) is 4.78. The lowest BCUT2D eigenvalue weighted by Gasteiger charge is -2.24. The van der Waals surface area contributed by atoms with Gasteiger partial charge in [-0.3, -0.25) is 0 Å². The second-order valence-corrected chi connectivity index (χ2v) is 5.78. The molecule has 0 N–H and O–H groups in total. The third-order valence-corrected chi connectivity index (χ3v) is 3.64. The fourth-order valence-electron chi connectivity index (χ4n) is 2.31. The van der Waals surface area contributed by atoms with Gasteiger partial charge in [0, 0.05) is 0 Å². The van der Waals surface area contributed by atoms with Gasteiger partial charge in [0.25, 0.3) is 0 Å². The van der Waals surface area contributed by atoms with Gasteiger partial charge in [0.1, 0.15) is 0 Å². The molecule has 2 unspecified atom stereocenters. The second kappa shape index (κ2) is 2.24. The van der Waals surface area contributed by atoms with E-state index in [-0.39, 0.29) is 0 Å². The van der Waals surface area contributed by atoms with Gasteiger partial charge in [-0.25, -0.2) is 0 Å². The molecule has 0 heterocycles. The summed E-state index contributed by atoms with van der Waals surface area (Å²) < 4.78 is 0. The van der Waals surface area contributed by atoms with Crippen LogP contribution in [0.1, 0.15) is 48.0 Å². The third-order valence-electron chi connectivity index (χ3n) is 3.64. The van der Waals surface area contributed by atoms with Crippen LogP contribution in [0.15, 0.2) is 0 Å². The summed E-state index contributed by atoms with van der Waals surface area (Å²) in [5.41, 5.74) is 1.18. The summed E-state index contributed by atoms with van der Waals surface area (Å²) >= 11 is 0. The van der Waals surface area contributed by atoms with Crippen LogP contribution < -0.4 is 0 Å². The van der Waals surface area contributed by atoms with Crippen LogP contribution in [0.25, 0.3) is 0 Å². The Morgan fingerprint density at radius 2 is 1.73 bits per heavy atom. The topological polar surface area (TPSA) is 0 Å². The Balaban J connectivity index is 2.60.